The summed E-state index contributed by atoms with van der Waals surface area (Å²) in [5.41, 5.74) is 0.815. The summed E-state index contributed by atoms with van der Waals surface area (Å²) in [5.74, 6) is -2.42. The molecule has 0 aliphatic carbocycles. The van der Waals surface area contributed by atoms with Gasteiger partial charge in [-0.15, -0.1) is 0 Å². The van der Waals surface area contributed by atoms with Gasteiger partial charge in [-0.2, -0.15) is 0 Å². The molecule has 0 heterocycles. The number of carbonyl (C=O) groups is 2. The summed E-state index contributed by atoms with van der Waals surface area (Å²) in [6.07, 6.45) is 0. The lowest BCUT2D eigenvalue weighted by molar-refractivity contribution is -0.244. The Morgan fingerprint density at radius 2 is 1.08 bits per heavy atom. The lowest BCUT2D eigenvalue weighted by Crippen LogP contribution is -2.45. The molecular weight excluding hydrogens is 324 g/mol. The fourth-order valence-electron chi connectivity index (χ4n) is 2.03. The van der Waals surface area contributed by atoms with Gasteiger partial charge < -0.3 is 18.9 Å². The maximum atomic E-state index is 12.0. The zero-order chi connectivity index (χ0) is 18.1. The smallest absolute Gasteiger partial charge is 0.338 e. The first-order valence-corrected chi connectivity index (χ1v) is 7.65. The largest absolute Gasteiger partial charge is 0.456 e. The van der Waals surface area contributed by atoms with Gasteiger partial charge in [-0.3, -0.25) is 0 Å². The molecule has 0 saturated carbocycles. The van der Waals surface area contributed by atoms with Crippen molar-refractivity contribution in [2.24, 2.45) is 0 Å². The topological polar surface area (TPSA) is 71.1 Å². The summed E-state index contributed by atoms with van der Waals surface area (Å²) in [7, 11) is 2.77. The van der Waals surface area contributed by atoms with Crippen molar-refractivity contribution in [2.75, 3.05) is 27.4 Å². The van der Waals surface area contributed by atoms with E-state index in [1.165, 1.54) is 14.2 Å². The van der Waals surface area contributed by atoms with Crippen molar-refractivity contribution in [3.05, 3.63) is 71.8 Å². The van der Waals surface area contributed by atoms with Crippen LogP contribution in [0.1, 0.15) is 20.7 Å². The molecule has 0 aliphatic rings. The Morgan fingerprint density at radius 3 is 1.40 bits per heavy atom. The quantitative estimate of drug-likeness (QED) is 0.542. The molecule has 0 bridgehead atoms. The van der Waals surface area contributed by atoms with E-state index in [9.17, 15) is 9.59 Å². The molecule has 0 N–H and O–H groups in total. The summed E-state index contributed by atoms with van der Waals surface area (Å²) in [4.78, 5) is 24.1. The van der Waals surface area contributed by atoms with Crippen molar-refractivity contribution >= 4 is 11.9 Å². The molecule has 0 amide bonds. The fraction of sp³-hybridized carbons (Fsp3) is 0.263. The second-order valence-electron chi connectivity index (χ2n) is 5.20. The minimum absolute atomic E-state index is 0.226. The van der Waals surface area contributed by atoms with Crippen LogP contribution in [0.15, 0.2) is 60.7 Å². The molecule has 0 radical (unpaired) electrons. The van der Waals surface area contributed by atoms with Gasteiger partial charge >= 0.3 is 11.9 Å². The predicted molar refractivity (Wildman–Crippen MR) is 90.2 cm³/mol. The minimum atomic E-state index is -1.38. The predicted octanol–water partition coefficient (Wildman–Crippen LogP) is 2.69. The maximum absolute atomic E-state index is 12.0. The molecule has 6 heteroatoms. The van der Waals surface area contributed by atoms with E-state index < -0.39 is 17.7 Å². The molecule has 0 aliphatic heterocycles. The van der Waals surface area contributed by atoms with Crippen molar-refractivity contribution in [1.82, 2.24) is 0 Å². The van der Waals surface area contributed by atoms with Crippen LogP contribution in [-0.4, -0.2) is 45.2 Å². The van der Waals surface area contributed by atoms with Crippen LogP contribution in [0, 0.1) is 0 Å². The first-order valence-electron chi connectivity index (χ1n) is 7.65. The lowest BCUT2D eigenvalue weighted by atomic mass is 10.2. The minimum Gasteiger partial charge on any atom is -0.456 e. The van der Waals surface area contributed by atoms with Crippen LogP contribution in [0.3, 0.4) is 0 Å². The van der Waals surface area contributed by atoms with Crippen molar-refractivity contribution < 1.29 is 28.5 Å². The standard InChI is InChI=1S/C19H20O6/c1-22-19(23-2,13-24-17(20)15-9-5-3-6-10-15)14-25-18(21)16-11-7-4-8-12-16/h3-12H,13-14H2,1-2H3. The maximum Gasteiger partial charge on any atom is 0.338 e. The zero-order valence-electron chi connectivity index (χ0n) is 14.1. The summed E-state index contributed by atoms with van der Waals surface area (Å²) < 4.78 is 21.0. The Labute approximate surface area is 146 Å². The average molecular weight is 344 g/mol. The van der Waals surface area contributed by atoms with Gasteiger partial charge in [-0.1, -0.05) is 36.4 Å². The van der Waals surface area contributed by atoms with Gasteiger partial charge in [0.2, 0.25) is 5.79 Å². The van der Waals surface area contributed by atoms with Crippen molar-refractivity contribution in [2.45, 2.75) is 5.79 Å². The Balaban J connectivity index is 1.95. The van der Waals surface area contributed by atoms with E-state index in [-0.39, 0.29) is 13.2 Å². The molecule has 0 fully saturated rings. The van der Waals surface area contributed by atoms with Crippen LogP contribution < -0.4 is 0 Å². The highest BCUT2D eigenvalue weighted by molar-refractivity contribution is 5.89. The Kier molecular flexibility index (Phi) is 6.68. The Hall–Kier alpha value is -2.70. The van der Waals surface area contributed by atoms with Gasteiger partial charge in [0.05, 0.1) is 11.1 Å². The van der Waals surface area contributed by atoms with Crippen LogP contribution in [-0.2, 0) is 18.9 Å². The molecule has 2 aromatic rings. The average Bonchev–Trinajstić information content (AvgIpc) is 2.69. The normalized spacial score (nSPS) is 11.0. The highest BCUT2D eigenvalue weighted by Crippen LogP contribution is 2.15. The van der Waals surface area contributed by atoms with E-state index in [0.717, 1.165) is 0 Å². The number of methoxy groups -OCH3 is 2. The van der Waals surface area contributed by atoms with E-state index >= 15 is 0 Å². The van der Waals surface area contributed by atoms with Gasteiger partial charge in [0.25, 0.3) is 0 Å². The van der Waals surface area contributed by atoms with E-state index in [4.69, 9.17) is 18.9 Å². The first-order chi connectivity index (χ1) is 12.1. The second kappa shape index (κ2) is 8.96. The van der Waals surface area contributed by atoms with Crippen LogP contribution in [0.2, 0.25) is 0 Å². The fourth-order valence-corrected chi connectivity index (χ4v) is 2.03. The lowest BCUT2D eigenvalue weighted by Gasteiger charge is -2.29. The van der Waals surface area contributed by atoms with E-state index in [2.05, 4.69) is 0 Å². The second-order valence-corrected chi connectivity index (χ2v) is 5.20. The van der Waals surface area contributed by atoms with Gasteiger partial charge in [0, 0.05) is 14.2 Å². The molecule has 0 spiro atoms. The number of benzene rings is 2. The highest BCUT2D eigenvalue weighted by Gasteiger charge is 2.34. The summed E-state index contributed by atoms with van der Waals surface area (Å²) in [6, 6.07) is 17.1. The Bertz CT molecular complexity index is 622. The molecule has 132 valence electrons. The number of rotatable bonds is 8. The first kappa shape index (κ1) is 18.6. The number of hydrogen-bond acceptors (Lipinski definition) is 6. The molecule has 0 aromatic heterocycles. The summed E-state index contributed by atoms with van der Waals surface area (Å²) >= 11 is 0. The van der Waals surface area contributed by atoms with E-state index in [1.54, 1.807) is 60.7 Å². The number of carbonyl (C=O) groups excluding carboxylic acids is 2. The van der Waals surface area contributed by atoms with Gasteiger partial charge in [0.1, 0.15) is 13.2 Å². The third-order valence-corrected chi connectivity index (χ3v) is 3.61. The summed E-state index contributed by atoms with van der Waals surface area (Å²) in [5, 5.41) is 0. The van der Waals surface area contributed by atoms with Gasteiger partial charge in [-0.05, 0) is 24.3 Å². The molecule has 2 rings (SSSR count). The number of ether oxygens (including phenoxy) is 4. The summed E-state index contributed by atoms with van der Waals surface area (Å²) in [6.45, 7) is -0.453. The molecule has 2 aromatic carbocycles. The van der Waals surface area contributed by atoms with Crippen molar-refractivity contribution in [3.63, 3.8) is 0 Å². The zero-order valence-corrected chi connectivity index (χ0v) is 14.1. The number of hydrogen-bond donors (Lipinski definition) is 0. The molecule has 0 saturated heterocycles. The number of esters is 2. The van der Waals surface area contributed by atoms with Crippen LogP contribution >= 0.6 is 0 Å². The monoisotopic (exact) mass is 344 g/mol. The third-order valence-electron chi connectivity index (χ3n) is 3.61. The molecule has 25 heavy (non-hydrogen) atoms. The van der Waals surface area contributed by atoms with Crippen molar-refractivity contribution in [3.8, 4) is 0 Å². The molecular formula is C19H20O6. The van der Waals surface area contributed by atoms with Crippen LogP contribution in [0.25, 0.3) is 0 Å². The van der Waals surface area contributed by atoms with Crippen LogP contribution in [0.4, 0.5) is 0 Å². The molecule has 0 atom stereocenters. The SMILES string of the molecule is COC(COC(=O)c1ccccc1)(COC(=O)c1ccccc1)OC. The van der Waals surface area contributed by atoms with E-state index in [1.807, 2.05) is 0 Å². The molecule has 6 nitrogen and oxygen atoms in total. The van der Waals surface area contributed by atoms with Crippen molar-refractivity contribution in [1.29, 1.82) is 0 Å². The van der Waals surface area contributed by atoms with Gasteiger partial charge in [-0.25, -0.2) is 9.59 Å². The third kappa shape index (κ3) is 5.14. The van der Waals surface area contributed by atoms with E-state index in [0.29, 0.717) is 11.1 Å². The van der Waals surface area contributed by atoms with Crippen LogP contribution in [0.5, 0.6) is 0 Å². The van der Waals surface area contributed by atoms with Gasteiger partial charge in [0.15, 0.2) is 0 Å². The highest BCUT2D eigenvalue weighted by atomic mass is 16.7. The molecule has 0 unspecified atom stereocenters. The Morgan fingerprint density at radius 1 is 0.720 bits per heavy atom.